The van der Waals surface area contributed by atoms with E-state index in [1.54, 1.807) is 0 Å². The average molecular weight is 341 g/mol. The van der Waals surface area contributed by atoms with E-state index in [1.807, 2.05) is 6.92 Å². The molecule has 0 bridgehead atoms. The maximum atomic E-state index is 10.3. The molecule has 112 valence electrons. The molecule has 0 aliphatic heterocycles. The smallest absolute Gasteiger partial charge is 0.0695 e. The average Bonchev–Trinajstić information content (AvgIpc) is 2.41. The molecule has 1 fully saturated rings. The third kappa shape index (κ3) is 3.61. The lowest BCUT2D eigenvalue weighted by Crippen LogP contribution is -2.49. The number of benzene rings is 1. The van der Waals surface area contributed by atoms with Crippen molar-refractivity contribution >= 4 is 15.9 Å². The largest absolute Gasteiger partial charge is 0.391 e. The minimum absolute atomic E-state index is 0.0234. The predicted molar refractivity (Wildman–Crippen MR) is 86.6 cm³/mol. The van der Waals surface area contributed by atoms with Gasteiger partial charge in [0.1, 0.15) is 0 Å². The van der Waals surface area contributed by atoms with Gasteiger partial charge in [-0.25, -0.2) is 0 Å². The van der Waals surface area contributed by atoms with Crippen molar-refractivity contribution in [3.63, 3.8) is 0 Å². The van der Waals surface area contributed by atoms with Crippen molar-refractivity contribution in [3.8, 4) is 0 Å². The van der Waals surface area contributed by atoms with Gasteiger partial charge in [-0.05, 0) is 44.5 Å². The number of likely N-dealkylation sites (N-methyl/N-ethyl adjacent to an activating group) is 1. The van der Waals surface area contributed by atoms with Crippen LogP contribution < -0.4 is 5.73 Å². The van der Waals surface area contributed by atoms with Crippen LogP contribution in [0.1, 0.15) is 44.2 Å². The fourth-order valence-corrected chi connectivity index (χ4v) is 3.61. The normalized spacial score (nSPS) is 26.5. The summed E-state index contributed by atoms with van der Waals surface area (Å²) in [6.45, 7) is 2.04. The molecule has 4 unspecified atom stereocenters. The molecule has 1 saturated carbocycles. The molecule has 0 radical (unpaired) electrons. The minimum Gasteiger partial charge on any atom is -0.391 e. The van der Waals surface area contributed by atoms with Gasteiger partial charge in [0.15, 0.2) is 0 Å². The number of halogens is 1. The van der Waals surface area contributed by atoms with Crippen molar-refractivity contribution in [3.05, 3.63) is 34.3 Å². The number of nitrogens with zero attached hydrogens (tertiary/aromatic N) is 1. The Morgan fingerprint density at radius 3 is 2.40 bits per heavy atom. The lowest BCUT2D eigenvalue weighted by molar-refractivity contribution is 0.00791. The zero-order valence-electron chi connectivity index (χ0n) is 12.3. The van der Waals surface area contributed by atoms with Crippen molar-refractivity contribution in [1.29, 1.82) is 0 Å². The molecule has 0 saturated heterocycles. The van der Waals surface area contributed by atoms with Crippen LogP contribution in [0, 0.1) is 0 Å². The van der Waals surface area contributed by atoms with Crippen LogP contribution in [0.25, 0.3) is 0 Å². The zero-order chi connectivity index (χ0) is 14.7. The minimum atomic E-state index is -0.231. The molecule has 1 aliphatic carbocycles. The number of nitrogens with two attached hydrogens (primary N) is 1. The van der Waals surface area contributed by atoms with Gasteiger partial charge in [-0.3, -0.25) is 4.90 Å². The van der Waals surface area contributed by atoms with E-state index in [4.69, 9.17) is 5.73 Å². The van der Waals surface area contributed by atoms with Crippen LogP contribution >= 0.6 is 15.9 Å². The molecule has 1 aromatic carbocycles. The topological polar surface area (TPSA) is 49.5 Å². The van der Waals surface area contributed by atoms with E-state index in [1.165, 1.54) is 12.0 Å². The van der Waals surface area contributed by atoms with Crippen molar-refractivity contribution in [2.45, 2.75) is 56.8 Å². The summed E-state index contributed by atoms with van der Waals surface area (Å²) in [5.74, 6) is 0. The van der Waals surface area contributed by atoms with Gasteiger partial charge in [0, 0.05) is 22.6 Å². The number of hydrogen-bond donors (Lipinski definition) is 2. The standard InChI is InChI=1S/C16H25BrN2O/c1-11(18)16(12-7-9-13(17)10-8-12)19(2)14-5-3-4-6-15(14)20/h7-11,14-16,20H,3-6,18H2,1-2H3. The number of aliphatic hydroxyl groups excluding tert-OH is 1. The molecule has 0 aromatic heterocycles. The van der Waals surface area contributed by atoms with Gasteiger partial charge < -0.3 is 10.8 Å². The number of rotatable bonds is 4. The molecule has 2 rings (SSSR count). The first kappa shape index (κ1) is 16.0. The Balaban J connectivity index is 2.21. The molecule has 20 heavy (non-hydrogen) atoms. The highest BCUT2D eigenvalue weighted by atomic mass is 79.9. The summed E-state index contributed by atoms with van der Waals surface area (Å²) in [4.78, 5) is 2.28. The van der Waals surface area contributed by atoms with Crippen LogP contribution in [0.3, 0.4) is 0 Å². The predicted octanol–water partition coefficient (Wildman–Crippen LogP) is 3.07. The molecular weight excluding hydrogens is 316 g/mol. The highest BCUT2D eigenvalue weighted by Crippen LogP contribution is 2.31. The fraction of sp³-hybridized carbons (Fsp3) is 0.625. The Kier molecular flexibility index (Phi) is 5.61. The highest BCUT2D eigenvalue weighted by molar-refractivity contribution is 9.10. The molecule has 1 aromatic rings. The van der Waals surface area contributed by atoms with Crippen LogP contribution in [0.4, 0.5) is 0 Å². The molecule has 4 atom stereocenters. The van der Waals surface area contributed by atoms with Crippen LogP contribution in [0.15, 0.2) is 28.7 Å². The van der Waals surface area contributed by atoms with Crippen LogP contribution in [0.5, 0.6) is 0 Å². The fourth-order valence-electron chi connectivity index (χ4n) is 3.34. The SMILES string of the molecule is CC(N)C(c1ccc(Br)cc1)N(C)C1CCCCC1O. The summed E-state index contributed by atoms with van der Waals surface area (Å²) in [5.41, 5.74) is 7.44. The van der Waals surface area contributed by atoms with E-state index in [0.29, 0.717) is 0 Å². The summed E-state index contributed by atoms with van der Waals surface area (Å²) >= 11 is 3.47. The lowest BCUT2D eigenvalue weighted by Gasteiger charge is -2.41. The van der Waals surface area contributed by atoms with E-state index in [2.05, 4.69) is 52.1 Å². The van der Waals surface area contributed by atoms with Gasteiger partial charge in [0.2, 0.25) is 0 Å². The van der Waals surface area contributed by atoms with Gasteiger partial charge in [-0.1, -0.05) is 40.9 Å². The summed E-state index contributed by atoms with van der Waals surface area (Å²) in [5, 5.41) is 10.3. The first-order valence-corrected chi connectivity index (χ1v) is 8.21. The molecule has 3 nitrogen and oxygen atoms in total. The van der Waals surface area contributed by atoms with Gasteiger partial charge in [0.25, 0.3) is 0 Å². The molecule has 1 aliphatic rings. The van der Waals surface area contributed by atoms with E-state index in [0.717, 1.165) is 23.7 Å². The van der Waals surface area contributed by atoms with E-state index in [-0.39, 0.29) is 24.2 Å². The quantitative estimate of drug-likeness (QED) is 0.885. The zero-order valence-corrected chi connectivity index (χ0v) is 13.9. The van der Waals surface area contributed by atoms with E-state index >= 15 is 0 Å². The third-order valence-electron chi connectivity index (χ3n) is 4.37. The summed E-state index contributed by atoms with van der Waals surface area (Å²) in [7, 11) is 2.09. The molecule has 0 spiro atoms. The van der Waals surface area contributed by atoms with Crippen LogP contribution in [0.2, 0.25) is 0 Å². The lowest BCUT2D eigenvalue weighted by atomic mass is 9.88. The van der Waals surface area contributed by atoms with Gasteiger partial charge >= 0.3 is 0 Å². The Bertz CT molecular complexity index is 421. The molecular formula is C16H25BrN2O. The Morgan fingerprint density at radius 1 is 1.25 bits per heavy atom. The molecule has 4 heteroatoms. The first-order chi connectivity index (χ1) is 9.50. The molecule has 0 heterocycles. The second-order valence-electron chi connectivity index (χ2n) is 5.94. The van der Waals surface area contributed by atoms with Gasteiger partial charge in [-0.2, -0.15) is 0 Å². The van der Waals surface area contributed by atoms with Crippen molar-refractivity contribution in [1.82, 2.24) is 4.90 Å². The summed E-state index contributed by atoms with van der Waals surface area (Å²) < 4.78 is 1.07. The second-order valence-corrected chi connectivity index (χ2v) is 6.86. The number of hydrogen-bond acceptors (Lipinski definition) is 3. The maximum absolute atomic E-state index is 10.3. The van der Waals surface area contributed by atoms with Crippen molar-refractivity contribution in [2.24, 2.45) is 5.73 Å². The highest BCUT2D eigenvalue weighted by Gasteiger charge is 2.32. The van der Waals surface area contributed by atoms with E-state index in [9.17, 15) is 5.11 Å². The Morgan fingerprint density at radius 2 is 1.85 bits per heavy atom. The van der Waals surface area contributed by atoms with Crippen molar-refractivity contribution < 1.29 is 5.11 Å². The second kappa shape index (κ2) is 7.03. The van der Waals surface area contributed by atoms with E-state index < -0.39 is 0 Å². The monoisotopic (exact) mass is 340 g/mol. The van der Waals surface area contributed by atoms with Crippen LogP contribution in [-0.2, 0) is 0 Å². The molecule has 3 N–H and O–H groups in total. The first-order valence-electron chi connectivity index (χ1n) is 7.41. The Labute approximate surface area is 130 Å². The maximum Gasteiger partial charge on any atom is 0.0695 e. The van der Waals surface area contributed by atoms with Crippen molar-refractivity contribution in [2.75, 3.05) is 7.05 Å². The third-order valence-corrected chi connectivity index (χ3v) is 4.89. The van der Waals surface area contributed by atoms with Gasteiger partial charge in [-0.15, -0.1) is 0 Å². The van der Waals surface area contributed by atoms with Gasteiger partial charge in [0.05, 0.1) is 6.10 Å². The summed E-state index contributed by atoms with van der Waals surface area (Å²) in [6.07, 6.45) is 4.05. The Hall–Kier alpha value is -0.420. The number of aliphatic hydroxyl groups is 1. The molecule has 0 amide bonds. The summed E-state index contributed by atoms with van der Waals surface area (Å²) in [6, 6.07) is 8.71. The van der Waals surface area contributed by atoms with Crippen LogP contribution in [-0.4, -0.2) is 35.2 Å².